The van der Waals surface area contributed by atoms with Gasteiger partial charge in [0.25, 0.3) is 0 Å². The van der Waals surface area contributed by atoms with Gasteiger partial charge in [0.1, 0.15) is 0 Å². The molecule has 0 aliphatic heterocycles. The van der Waals surface area contributed by atoms with E-state index in [1.807, 2.05) is 0 Å². The summed E-state index contributed by atoms with van der Waals surface area (Å²) in [7, 11) is 0. The van der Waals surface area contributed by atoms with E-state index in [0.29, 0.717) is 5.57 Å². The third-order valence-corrected chi connectivity index (χ3v) is 1.40. The van der Waals surface area contributed by atoms with E-state index in [1.165, 1.54) is 0 Å². The number of carboxylic acid groups (broad SMARTS) is 1. The highest BCUT2D eigenvalue weighted by Gasteiger charge is 1.96. The highest BCUT2D eigenvalue weighted by molar-refractivity contribution is 5.85. The van der Waals surface area contributed by atoms with Crippen molar-refractivity contribution in [3.63, 3.8) is 0 Å². The van der Waals surface area contributed by atoms with Crippen molar-refractivity contribution in [2.75, 3.05) is 13.1 Å². The van der Waals surface area contributed by atoms with Gasteiger partial charge in [-0.15, -0.1) is 6.58 Å². The minimum atomic E-state index is -0.848. The van der Waals surface area contributed by atoms with Gasteiger partial charge in [0, 0.05) is 12.1 Å². The van der Waals surface area contributed by atoms with Gasteiger partial charge in [-0.3, -0.25) is 0 Å². The van der Waals surface area contributed by atoms with Gasteiger partial charge in [0.2, 0.25) is 0 Å². The number of rotatable bonds is 6. The maximum atomic E-state index is 10.3. The number of nitrogens with one attached hydrogen (secondary N) is 1. The van der Waals surface area contributed by atoms with E-state index < -0.39 is 5.97 Å². The van der Waals surface area contributed by atoms with E-state index in [-0.39, 0.29) is 0 Å². The SMILES string of the molecule is C=CCNCCC=C(C)C(=O)O. The molecule has 0 aromatic rings. The molecule has 0 radical (unpaired) electrons. The minimum Gasteiger partial charge on any atom is -0.478 e. The third kappa shape index (κ3) is 5.68. The molecule has 2 N–H and O–H groups in total. The second-order valence-electron chi connectivity index (χ2n) is 2.47. The summed E-state index contributed by atoms with van der Waals surface area (Å²) in [6.45, 7) is 6.69. The molecule has 0 bridgehead atoms. The molecule has 12 heavy (non-hydrogen) atoms. The molecule has 3 nitrogen and oxygen atoms in total. The maximum Gasteiger partial charge on any atom is 0.330 e. The van der Waals surface area contributed by atoms with E-state index in [1.54, 1.807) is 19.1 Å². The van der Waals surface area contributed by atoms with E-state index in [9.17, 15) is 4.79 Å². The first kappa shape index (κ1) is 10.9. The number of aliphatic carboxylic acids is 1. The average Bonchev–Trinajstić information content (AvgIpc) is 2.03. The highest BCUT2D eigenvalue weighted by atomic mass is 16.4. The fourth-order valence-corrected chi connectivity index (χ4v) is 0.682. The van der Waals surface area contributed by atoms with Gasteiger partial charge in [0.15, 0.2) is 0 Å². The molecule has 0 saturated heterocycles. The van der Waals surface area contributed by atoms with E-state index >= 15 is 0 Å². The van der Waals surface area contributed by atoms with Crippen molar-refractivity contribution in [2.45, 2.75) is 13.3 Å². The summed E-state index contributed by atoms with van der Waals surface area (Å²) in [6, 6.07) is 0. The molecular weight excluding hydrogens is 154 g/mol. The van der Waals surface area contributed by atoms with Crippen LogP contribution in [0.1, 0.15) is 13.3 Å². The molecule has 0 heterocycles. The standard InChI is InChI=1S/C9H15NO2/c1-3-6-10-7-4-5-8(2)9(11)12/h3,5,10H,1,4,6-7H2,2H3,(H,11,12). The van der Waals surface area contributed by atoms with Gasteiger partial charge in [-0.2, -0.15) is 0 Å². The van der Waals surface area contributed by atoms with Gasteiger partial charge in [-0.1, -0.05) is 12.2 Å². The van der Waals surface area contributed by atoms with Gasteiger partial charge in [-0.05, 0) is 19.9 Å². The van der Waals surface area contributed by atoms with Crippen LogP contribution in [0.5, 0.6) is 0 Å². The van der Waals surface area contributed by atoms with Crippen molar-refractivity contribution in [1.29, 1.82) is 0 Å². The Morgan fingerprint density at radius 1 is 1.67 bits per heavy atom. The fraction of sp³-hybridized carbons (Fsp3) is 0.444. The zero-order valence-electron chi connectivity index (χ0n) is 7.34. The molecule has 0 aromatic carbocycles. The lowest BCUT2D eigenvalue weighted by Gasteiger charge is -1.97. The Bertz CT molecular complexity index is 185. The quantitative estimate of drug-likeness (QED) is 0.356. The largest absolute Gasteiger partial charge is 0.478 e. The summed E-state index contributed by atoms with van der Waals surface area (Å²) < 4.78 is 0. The molecule has 0 rings (SSSR count). The van der Waals surface area contributed by atoms with Gasteiger partial charge in [0.05, 0.1) is 0 Å². The van der Waals surface area contributed by atoms with Gasteiger partial charge in [-0.25, -0.2) is 4.79 Å². The molecule has 0 aliphatic rings. The fourth-order valence-electron chi connectivity index (χ4n) is 0.682. The van der Waals surface area contributed by atoms with E-state index in [2.05, 4.69) is 11.9 Å². The normalized spacial score (nSPS) is 11.2. The van der Waals surface area contributed by atoms with Gasteiger partial charge >= 0.3 is 5.97 Å². The smallest absolute Gasteiger partial charge is 0.330 e. The van der Waals surface area contributed by atoms with Crippen LogP contribution in [0.15, 0.2) is 24.3 Å². The van der Waals surface area contributed by atoms with Crippen LogP contribution >= 0.6 is 0 Å². The van der Waals surface area contributed by atoms with Crippen LogP contribution in [0, 0.1) is 0 Å². The van der Waals surface area contributed by atoms with Crippen LogP contribution in [0.3, 0.4) is 0 Å². The van der Waals surface area contributed by atoms with Crippen molar-refractivity contribution >= 4 is 5.97 Å². The first-order chi connectivity index (χ1) is 5.68. The van der Waals surface area contributed by atoms with Crippen molar-refractivity contribution < 1.29 is 9.90 Å². The molecule has 0 atom stereocenters. The summed E-state index contributed by atoms with van der Waals surface area (Å²) in [5, 5.41) is 11.6. The Labute approximate surface area is 72.8 Å². The van der Waals surface area contributed by atoms with E-state index in [4.69, 9.17) is 5.11 Å². The van der Waals surface area contributed by atoms with Crippen LogP contribution in [0.4, 0.5) is 0 Å². The highest BCUT2D eigenvalue weighted by Crippen LogP contribution is 1.93. The monoisotopic (exact) mass is 169 g/mol. The lowest BCUT2D eigenvalue weighted by Crippen LogP contribution is -2.14. The first-order valence-electron chi connectivity index (χ1n) is 3.90. The van der Waals surface area contributed by atoms with Crippen LogP contribution in [0.2, 0.25) is 0 Å². The predicted molar refractivity (Wildman–Crippen MR) is 49.1 cm³/mol. The summed E-state index contributed by atoms with van der Waals surface area (Å²) in [4.78, 5) is 10.3. The third-order valence-electron chi connectivity index (χ3n) is 1.40. The molecule has 0 aliphatic carbocycles. The molecule has 0 aromatic heterocycles. The van der Waals surface area contributed by atoms with Crippen molar-refractivity contribution in [1.82, 2.24) is 5.32 Å². The molecule has 0 amide bonds. The summed E-state index contributed by atoms with van der Waals surface area (Å²) in [6.07, 6.45) is 4.22. The lowest BCUT2D eigenvalue weighted by atomic mass is 10.2. The van der Waals surface area contributed by atoms with Crippen LogP contribution in [-0.2, 0) is 4.79 Å². The molecule has 0 saturated carbocycles. The topological polar surface area (TPSA) is 49.3 Å². The van der Waals surface area contributed by atoms with Crippen molar-refractivity contribution in [2.24, 2.45) is 0 Å². The second kappa shape index (κ2) is 6.61. The zero-order valence-corrected chi connectivity index (χ0v) is 7.34. The Morgan fingerprint density at radius 2 is 2.33 bits per heavy atom. The summed E-state index contributed by atoms with van der Waals surface area (Å²) in [5.74, 6) is -0.848. The number of carboxylic acids is 1. The molecule has 0 spiro atoms. The van der Waals surface area contributed by atoms with Gasteiger partial charge < -0.3 is 10.4 Å². The summed E-state index contributed by atoms with van der Waals surface area (Å²) >= 11 is 0. The van der Waals surface area contributed by atoms with Crippen molar-refractivity contribution in [3.8, 4) is 0 Å². The number of carbonyl (C=O) groups is 1. The first-order valence-corrected chi connectivity index (χ1v) is 3.90. The number of hydrogen-bond acceptors (Lipinski definition) is 2. The molecule has 68 valence electrons. The zero-order chi connectivity index (χ0) is 9.40. The Balaban J connectivity index is 3.46. The maximum absolute atomic E-state index is 10.3. The predicted octanol–water partition coefficient (Wildman–Crippen LogP) is 1.18. The second-order valence-corrected chi connectivity index (χ2v) is 2.47. The lowest BCUT2D eigenvalue weighted by molar-refractivity contribution is -0.132. The van der Waals surface area contributed by atoms with Crippen LogP contribution in [-0.4, -0.2) is 24.2 Å². The van der Waals surface area contributed by atoms with Crippen LogP contribution in [0.25, 0.3) is 0 Å². The van der Waals surface area contributed by atoms with E-state index in [0.717, 1.165) is 19.5 Å². The van der Waals surface area contributed by atoms with Crippen LogP contribution < -0.4 is 5.32 Å². The van der Waals surface area contributed by atoms with Crippen molar-refractivity contribution in [3.05, 3.63) is 24.3 Å². The number of hydrogen-bond donors (Lipinski definition) is 2. The molecule has 0 unspecified atom stereocenters. The molecule has 3 heteroatoms. The summed E-state index contributed by atoms with van der Waals surface area (Å²) in [5.41, 5.74) is 0.399. The Kier molecular flexibility index (Phi) is 6.01. The minimum absolute atomic E-state index is 0.399. The Hall–Kier alpha value is -1.09. The molecular formula is C9H15NO2. The average molecular weight is 169 g/mol. The molecule has 0 fully saturated rings. The Morgan fingerprint density at radius 3 is 2.83 bits per heavy atom.